The van der Waals surface area contributed by atoms with Gasteiger partial charge < -0.3 is 10.1 Å². The van der Waals surface area contributed by atoms with Gasteiger partial charge in [0.1, 0.15) is 17.4 Å². The molecule has 28 heavy (non-hydrogen) atoms. The average Bonchev–Trinajstić information content (AvgIpc) is 2.51. The Hall–Kier alpha value is -2.70. The molecule has 0 saturated heterocycles. The van der Waals surface area contributed by atoms with Crippen molar-refractivity contribution in [3.63, 3.8) is 0 Å². The van der Waals surface area contributed by atoms with Crippen molar-refractivity contribution in [2.45, 2.75) is 25.3 Å². The van der Waals surface area contributed by atoms with Crippen molar-refractivity contribution in [2.75, 3.05) is 6.26 Å². The molecule has 0 aromatic heterocycles. The van der Waals surface area contributed by atoms with Crippen molar-refractivity contribution in [1.29, 1.82) is 0 Å². The minimum atomic E-state index is -4.83. The summed E-state index contributed by atoms with van der Waals surface area (Å²) in [6.45, 7) is -3.13. The van der Waals surface area contributed by atoms with Gasteiger partial charge >= 0.3 is 12.8 Å². The molecule has 13 heteroatoms. The van der Waals surface area contributed by atoms with Gasteiger partial charge in [-0.3, -0.25) is 9.59 Å². The molecule has 1 aliphatic rings. The summed E-state index contributed by atoms with van der Waals surface area (Å²) in [6, 6.07) is 1.85. The highest BCUT2D eigenvalue weighted by atomic mass is 32.2. The van der Waals surface area contributed by atoms with Crippen LogP contribution in [0.3, 0.4) is 0 Å². The summed E-state index contributed by atoms with van der Waals surface area (Å²) in [7, 11) is -4.10. The van der Waals surface area contributed by atoms with Crippen molar-refractivity contribution >= 4 is 27.4 Å². The molecule has 1 atom stereocenters. The fourth-order valence-corrected chi connectivity index (χ4v) is 2.92. The third-order valence-electron chi connectivity index (χ3n) is 3.57. The normalized spacial score (nSPS) is 18.1. The maximum atomic E-state index is 13.1. The molecule has 2 N–H and O–H groups in total. The quantitative estimate of drug-likeness (QED) is 0.548. The van der Waals surface area contributed by atoms with Gasteiger partial charge in [0.15, 0.2) is 0 Å². The maximum Gasteiger partial charge on any atom is 0.408 e. The zero-order valence-corrected chi connectivity index (χ0v) is 14.8. The number of hydrogen-bond donors (Lipinski definition) is 2. The molecule has 1 aromatic carbocycles. The molecule has 0 radical (unpaired) electrons. The van der Waals surface area contributed by atoms with Crippen LogP contribution in [-0.2, 0) is 19.6 Å². The lowest BCUT2D eigenvalue weighted by atomic mass is 9.89. The predicted octanol–water partition coefficient (Wildman–Crippen LogP) is 1.57. The van der Waals surface area contributed by atoms with Crippen molar-refractivity contribution in [1.82, 2.24) is 10.0 Å². The monoisotopic (exact) mass is 428 g/mol. The van der Waals surface area contributed by atoms with Crippen molar-refractivity contribution in [3.05, 3.63) is 35.4 Å². The van der Waals surface area contributed by atoms with Crippen LogP contribution in [0.4, 0.5) is 22.0 Å². The Morgan fingerprint density at radius 1 is 1.25 bits per heavy atom. The zero-order chi connectivity index (χ0) is 21.3. The largest absolute Gasteiger partial charge is 0.435 e. The van der Waals surface area contributed by atoms with Crippen LogP contribution in [-0.4, -0.2) is 45.3 Å². The van der Waals surface area contributed by atoms with Crippen LogP contribution in [0.15, 0.2) is 29.8 Å². The van der Waals surface area contributed by atoms with E-state index in [1.165, 1.54) is 4.72 Å². The van der Waals surface area contributed by atoms with Gasteiger partial charge in [0.25, 0.3) is 11.8 Å². The van der Waals surface area contributed by atoms with Crippen LogP contribution in [0.25, 0.3) is 5.57 Å². The first-order chi connectivity index (χ1) is 12.8. The molecule has 154 valence electrons. The van der Waals surface area contributed by atoms with Gasteiger partial charge in [0, 0.05) is 6.42 Å². The highest BCUT2D eigenvalue weighted by Crippen LogP contribution is 2.35. The standard InChI is InChI=1S/C15H13F5N2O5S/c1-28(25,26)22-13(24)11-9(6-10(15(18,19)20)21-12(11)23)7-2-4-8(5-3-7)27-14(16)17/h2-5,10,14H,6H2,1H3,(H,21,23)(H,22,24). The van der Waals surface area contributed by atoms with Crippen LogP contribution in [0.5, 0.6) is 5.75 Å². The van der Waals surface area contributed by atoms with Crippen molar-refractivity contribution in [2.24, 2.45) is 0 Å². The number of carbonyl (C=O) groups is 2. The van der Waals surface area contributed by atoms with E-state index in [4.69, 9.17) is 0 Å². The van der Waals surface area contributed by atoms with Gasteiger partial charge in [-0.05, 0) is 23.3 Å². The number of hydrogen-bond acceptors (Lipinski definition) is 5. The fraction of sp³-hybridized carbons (Fsp3) is 0.333. The molecule has 1 heterocycles. The molecule has 0 fully saturated rings. The van der Waals surface area contributed by atoms with E-state index in [2.05, 4.69) is 4.74 Å². The molecule has 0 aliphatic carbocycles. The van der Waals surface area contributed by atoms with E-state index < -0.39 is 58.2 Å². The van der Waals surface area contributed by atoms with E-state index in [1.54, 1.807) is 5.32 Å². The summed E-state index contributed by atoms with van der Waals surface area (Å²) in [6.07, 6.45) is -5.07. The lowest BCUT2D eigenvalue weighted by Gasteiger charge is -2.29. The molecular weight excluding hydrogens is 415 g/mol. The Balaban J connectivity index is 2.53. The van der Waals surface area contributed by atoms with E-state index in [0.717, 1.165) is 24.3 Å². The Morgan fingerprint density at radius 3 is 2.29 bits per heavy atom. The number of halogens is 5. The van der Waals surface area contributed by atoms with E-state index in [1.807, 2.05) is 0 Å². The van der Waals surface area contributed by atoms with E-state index in [0.29, 0.717) is 6.26 Å². The van der Waals surface area contributed by atoms with Gasteiger partial charge in [0.05, 0.1) is 6.26 Å². The molecule has 0 spiro atoms. The minimum absolute atomic E-state index is 0.0654. The molecule has 2 amide bonds. The first kappa shape index (κ1) is 21.6. The van der Waals surface area contributed by atoms with Crippen LogP contribution in [0, 0.1) is 0 Å². The molecular formula is C15H13F5N2O5S. The summed E-state index contributed by atoms with van der Waals surface area (Å²) in [4.78, 5) is 24.3. The van der Waals surface area contributed by atoms with Crippen LogP contribution in [0.2, 0.25) is 0 Å². The number of amides is 2. The molecule has 1 aliphatic heterocycles. The smallest absolute Gasteiger partial charge is 0.408 e. The summed E-state index contributed by atoms with van der Waals surface area (Å²) in [5.74, 6) is -3.13. The van der Waals surface area contributed by atoms with Crippen LogP contribution >= 0.6 is 0 Å². The van der Waals surface area contributed by atoms with Gasteiger partial charge in [-0.15, -0.1) is 0 Å². The number of benzene rings is 1. The Kier molecular flexibility index (Phi) is 5.97. The summed E-state index contributed by atoms with van der Waals surface area (Å²) >= 11 is 0. The molecule has 1 unspecified atom stereocenters. The third kappa shape index (κ3) is 5.41. The lowest BCUT2D eigenvalue weighted by Crippen LogP contribution is -2.51. The third-order valence-corrected chi connectivity index (χ3v) is 4.13. The number of rotatable bonds is 5. The second-order valence-electron chi connectivity index (χ2n) is 5.73. The van der Waals surface area contributed by atoms with E-state index >= 15 is 0 Å². The summed E-state index contributed by atoms with van der Waals surface area (Å²) < 4.78 is 91.8. The second-order valence-corrected chi connectivity index (χ2v) is 7.48. The van der Waals surface area contributed by atoms with Crippen molar-refractivity contribution in [3.8, 4) is 5.75 Å². The van der Waals surface area contributed by atoms with Crippen molar-refractivity contribution < 1.29 is 44.7 Å². The summed E-state index contributed by atoms with van der Waals surface area (Å²) in [5.41, 5.74) is -1.28. The van der Waals surface area contributed by atoms with Crippen LogP contribution < -0.4 is 14.8 Å². The van der Waals surface area contributed by atoms with Gasteiger partial charge in [-0.1, -0.05) is 12.1 Å². The zero-order valence-electron chi connectivity index (χ0n) is 14.0. The highest BCUT2D eigenvalue weighted by Gasteiger charge is 2.46. The molecule has 1 aromatic rings. The molecule has 7 nitrogen and oxygen atoms in total. The topological polar surface area (TPSA) is 102 Å². The fourth-order valence-electron chi connectivity index (χ4n) is 2.48. The van der Waals surface area contributed by atoms with Crippen LogP contribution in [0.1, 0.15) is 12.0 Å². The second kappa shape index (κ2) is 7.73. The first-order valence-electron chi connectivity index (χ1n) is 7.46. The lowest BCUT2D eigenvalue weighted by molar-refractivity contribution is -0.160. The Labute approximate surface area is 155 Å². The van der Waals surface area contributed by atoms with Gasteiger partial charge in [-0.2, -0.15) is 22.0 Å². The number of ether oxygens (including phenoxy) is 1. The summed E-state index contributed by atoms with van der Waals surface area (Å²) in [5, 5.41) is 1.61. The number of nitrogens with one attached hydrogen (secondary N) is 2. The maximum absolute atomic E-state index is 13.1. The molecule has 0 bridgehead atoms. The average molecular weight is 428 g/mol. The van der Waals surface area contributed by atoms with Gasteiger partial charge in [0.2, 0.25) is 10.0 Å². The Bertz CT molecular complexity index is 910. The number of sulfonamides is 1. The minimum Gasteiger partial charge on any atom is -0.435 e. The van der Waals surface area contributed by atoms with Gasteiger partial charge in [-0.25, -0.2) is 13.1 Å². The number of carbonyl (C=O) groups excluding carboxylic acids is 2. The Morgan fingerprint density at radius 2 is 1.82 bits per heavy atom. The van der Waals surface area contributed by atoms with E-state index in [9.17, 15) is 40.0 Å². The molecule has 2 rings (SSSR count). The first-order valence-corrected chi connectivity index (χ1v) is 9.35. The number of alkyl halides is 5. The molecule has 0 saturated carbocycles. The van der Waals surface area contributed by atoms with E-state index in [-0.39, 0.29) is 11.3 Å². The highest BCUT2D eigenvalue weighted by molar-refractivity contribution is 7.89. The predicted molar refractivity (Wildman–Crippen MR) is 85.6 cm³/mol. The SMILES string of the molecule is CS(=O)(=O)NC(=O)C1=C(c2ccc(OC(F)F)cc2)CC(C(F)(F)F)NC1=O.